The maximum Gasteiger partial charge on any atom is 0.258 e. The molecule has 4 aromatic rings. The zero-order valence-electron chi connectivity index (χ0n) is 19.7. The summed E-state index contributed by atoms with van der Waals surface area (Å²) in [6.07, 6.45) is 3.39. The summed E-state index contributed by atoms with van der Waals surface area (Å²) in [6, 6.07) is 14.5. The predicted molar refractivity (Wildman–Crippen MR) is 136 cm³/mol. The van der Waals surface area contributed by atoms with Crippen LogP contribution in [0, 0.1) is 13.8 Å². The molecular formula is C27H29N5O2. The molecule has 0 bridgehead atoms. The Labute approximate surface area is 198 Å². The third-order valence-corrected chi connectivity index (χ3v) is 6.21. The van der Waals surface area contributed by atoms with E-state index in [-0.39, 0.29) is 5.56 Å². The maximum atomic E-state index is 12.8. The molecule has 1 aliphatic rings. The number of methoxy groups -OCH3 is 1. The molecule has 3 N–H and O–H groups in total. The molecular weight excluding hydrogens is 426 g/mol. The Morgan fingerprint density at radius 1 is 1.12 bits per heavy atom. The van der Waals surface area contributed by atoms with Gasteiger partial charge in [-0.25, -0.2) is 4.98 Å². The van der Waals surface area contributed by atoms with Gasteiger partial charge in [0.05, 0.1) is 29.4 Å². The fourth-order valence-corrected chi connectivity index (χ4v) is 4.59. The molecule has 2 aromatic heterocycles. The van der Waals surface area contributed by atoms with Gasteiger partial charge in [-0.3, -0.25) is 9.78 Å². The van der Waals surface area contributed by atoms with Crippen molar-refractivity contribution in [1.29, 1.82) is 0 Å². The van der Waals surface area contributed by atoms with Crippen molar-refractivity contribution in [1.82, 2.24) is 20.3 Å². The van der Waals surface area contributed by atoms with E-state index in [1.165, 1.54) is 11.1 Å². The Balaban J connectivity index is 1.42. The Bertz CT molecular complexity index is 1370. The zero-order valence-corrected chi connectivity index (χ0v) is 19.7. The van der Waals surface area contributed by atoms with Crippen LogP contribution in [0.15, 0.2) is 53.5 Å². The van der Waals surface area contributed by atoms with Gasteiger partial charge in [0.1, 0.15) is 11.6 Å². The minimum Gasteiger partial charge on any atom is -0.495 e. The molecule has 1 fully saturated rings. The minimum atomic E-state index is -0.174. The molecule has 7 nitrogen and oxygen atoms in total. The van der Waals surface area contributed by atoms with Gasteiger partial charge in [0.2, 0.25) is 0 Å². The van der Waals surface area contributed by atoms with Crippen LogP contribution in [-0.4, -0.2) is 41.2 Å². The number of nitrogens with zero attached hydrogens (tertiary/aromatic N) is 2. The van der Waals surface area contributed by atoms with Gasteiger partial charge < -0.3 is 20.4 Å². The van der Waals surface area contributed by atoms with Crippen molar-refractivity contribution in [3.63, 3.8) is 0 Å². The van der Waals surface area contributed by atoms with Crippen molar-refractivity contribution in [2.24, 2.45) is 0 Å². The summed E-state index contributed by atoms with van der Waals surface area (Å²) in [6.45, 7) is 6.08. The number of benzene rings is 2. The van der Waals surface area contributed by atoms with Crippen molar-refractivity contribution >= 4 is 16.6 Å². The standard InChI is InChI=1S/C27H29N5O2/c1-16-8-17(2)10-19(9-16)22-5-4-18(14-29-22)11-26-31-23-13-24(30-20-6-7-28-15-20)25(34-3)12-21(23)27(33)32-26/h4-5,8-10,12-14,20,28,30H,6-7,11,15H2,1-3H3,(H,31,32,33)/t20-/m1/s1. The Morgan fingerprint density at radius 2 is 1.94 bits per heavy atom. The van der Waals surface area contributed by atoms with E-state index in [1.54, 1.807) is 13.2 Å². The Hall–Kier alpha value is -3.71. The lowest BCUT2D eigenvalue weighted by Gasteiger charge is -2.16. The summed E-state index contributed by atoms with van der Waals surface area (Å²) in [5.74, 6) is 1.25. The Kier molecular flexibility index (Phi) is 6.02. The van der Waals surface area contributed by atoms with Crippen LogP contribution in [-0.2, 0) is 6.42 Å². The van der Waals surface area contributed by atoms with Crippen LogP contribution in [0.4, 0.5) is 5.69 Å². The third kappa shape index (κ3) is 4.65. The van der Waals surface area contributed by atoms with E-state index in [1.807, 2.05) is 24.4 Å². The lowest BCUT2D eigenvalue weighted by atomic mass is 10.0. The van der Waals surface area contributed by atoms with E-state index in [0.29, 0.717) is 34.9 Å². The van der Waals surface area contributed by atoms with Crippen molar-refractivity contribution in [2.75, 3.05) is 25.5 Å². The number of aromatic nitrogens is 3. The molecule has 3 heterocycles. The molecule has 7 heteroatoms. The third-order valence-electron chi connectivity index (χ3n) is 6.21. The first-order chi connectivity index (χ1) is 16.5. The molecule has 0 amide bonds. The second kappa shape index (κ2) is 9.27. The van der Waals surface area contributed by atoms with Gasteiger partial charge in [0.25, 0.3) is 5.56 Å². The number of nitrogens with one attached hydrogen (secondary N) is 3. The number of aromatic amines is 1. The molecule has 1 atom stereocenters. The SMILES string of the molecule is COc1cc2c(=O)[nH]c(Cc3ccc(-c4cc(C)cc(C)c4)nc3)nc2cc1N[C@@H]1CCNC1. The second-order valence-corrected chi connectivity index (χ2v) is 9.02. The number of anilines is 1. The van der Waals surface area contributed by atoms with Gasteiger partial charge in [0.15, 0.2) is 0 Å². The number of fused-ring (bicyclic) bond motifs is 1. The average Bonchev–Trinajstić information content (AvgIpc) is 3.32. The number of H-pyrrole nitrogens is 1. The molecule has 0 unspecified atom stereocenters. The topological polar surface area (TPSA) is 91.9 Å². The normalized spacial score (nSPS) is 15.6. The van der Waals surface area contributed by atoms with Crippen LogP contribution in [0.25, 0.3) is 22.2 Å². The van der Waals surface area contributed by atoms with Gasteiger partial charge in [-0.1, -0.05) is 23.3 Å². The highest BCUT2D eigenvalue weighted by Crippen LogP contribution is 2.29. The lowest BCUT2D eigenvalue weighted by Crippen LogP contribution is -2.22. The highest BCUT2D eigenvalue weighted by atomic mass is 16.5. The van der Waals surface area contributed by atoms with E-state index < -0.39 is 0 Å². The first-order valence-electron chi connectivity index (χ1n) is 11.6. The van der Waals surface area contributed by atoms with Gasteiger partial charge in [-0.05, 0) is 62.7 Å². The molecule has 0 spiro atoms. The molecule has 1 saturated heterocycles. The molecule has 0 aliphatic carbocycles. The minimum absolute atomic E-state index is 0.174. The number of ether oxygens (including phenoxy) is 1. The van der Waals surface area contributed by atoms with Crippen LogP contribution in [0.2, 0.25) is 0 Å². The fourth-order valence-electron chi connectivity index (χ4n) is 4.59. The summed E-state index contributed by atoms with van der Waals surface area (Å²) < 4.78 is 5.54. The first-order valence-corrected chi connectivity index (χ1v) is 11.6. The van der Waals surface area contributed by atoms with E-state index in [0.717, 1.165) is 42.0 Å². The molecule has 174 valence electrons. The summed E-state index contributed by atoms with van der Waals surface area (Å²) in [5.41, 5.74) is 6.78. The molecule has 5 rings (SSSR count). The van der Waals surface area contributed by atoms with Crippen LogP contribution in [0.3, 0.4) is 0 Å². The number of rotatable bonds is 6. The van der Waals surface area contributed by atoms with Crippen LogP contribution in [0.5, 0.6) is 5.75 Å². The second-order valence-electron chi connectivity index (χ2n) is 9.02. The van der Waals surface area contributed by atoms with E-state index in [2.05, 4.69) is 52.6 Å². The number of hydrogen-bond acceptors (Lipinski definition) is 6. The average molecular weight is 456 g/mol. The van der Waals surface area contributed by atoms with Crippen molar-refractivity contribution < 1.29 is 4.74 Å². The summed E-state index contributed by atoms with van der Waals surface area (Å²) in [7, 11) is 1.62. The molecule has 2 aromatic carbocycles. The summed E-state index contributed by atoms with van der Waals surface area (Å²) >= 11 is 0. The zero-order chi connectivity index (χ0) is 23.7. The summed E-state index contributed by atoms with van der Waals surface area (Å²) in [4.78, 5) is 25.1. The Morgan fingerprint density at radius 3 is 2.62 bits per heavy atom. The molecule has 0 radical (unpaired) electrons. The smallest absolute Gasteiger partial charge is 0.258 e. The number of pyridine rings is 1. The van der Waals surface area contributed by atoms with Crippen LogP contribution < -0.4 is 20.9 Å². The van der Waals surface area contributed by atoms with E-state index in [9.17, 15) is 4.79 Å². The number of hydrogen-bond donors (Lipinski definition) is 3. The fraction of sp³-hybridized carbons (Fsp3) is 0.296. The lowest BCUT2D eigenvalue weighted by molar-refractivity contribution is 0.416. The molecule has 0 saturated carbocycles. The summed E-state index contributed by atoms with van der Waals surface area (Å²) in [5, 5.41) is 7.39. The van der Waals surface area contributed by atoms with Gasteiger partial charge in [-0.15, -0.1) is 0 Å². The van der Waals surface area contributed by atoms with Crippen molar-refractivity contribution in [3.8, 4) is 17.0 Å². The van der Waals surface area contributed by atoms with E-state index in [4.69, 9.17) is 9.72 Å². The van der Waals surface area contributed by atoms with Gasteiger partial charge in [-0.2, -0.15) is 0 Å². The largest absolute Gasteiger partial charge is 0.495 e. The van der Waals surface area contributed by atoms with Gasteiger partial charge in [0, 0.05) is 30.8 Å². The highest BCUT2D eigenvalue weighted by molar-refractivity contribution is 5.85. The predicted octanol–water partition coefficient (Wildman–Crippen LogP) is 3.98. The molecule has 1 aliphatic heterocycles. The molecule has 34 heavy (non-hydrogen) atoms. The van der Waals surface area contributed by atoms with Crippen LogP contribution in [0.1, 0.15) is 28.9 Å². The highest BCUT2D eigenvalue weighted by Gasteiger charge is 2.17. The quantitative estimate of drug-likeness (QED) is 0.407. The first kappa shape index (κ1) is 22.1. The monoisotopic (exact) mass is 455 g/mol. The van der Waals surface area contributed by atoms with Crippen molar-refractivity contribution in [3.05, 3.63) is 81.5 Å². The van der Waals surface area contributed by atoms with Crippen molar-refractivity contribution in [2.45, 2.75) is 32.7 Å². The maximum absolute atomic E-state index is 12.8. The van der Waals surface area contributed by atoms with Crippen LogP contribution >= 0.6 is 0 Å². The number of aryl methyl sites for hydroxylation is 2. The van der Waals surface area contributed by atoms with Gasteiger partial charge >= 0.3 is 0 Å². The van der Waals surface area contributed by atoms with E-state index >= 15 is 0 Å².